The zero-order valence-electron chi connectivity index (χ0n) is 11.8. The van der Waals surface area contributed by atoms with Crippen molar-refractivity contribution in [3.8, 4) is 0 Å². The molecule has 1 N–H and O–H groups in total. The number of fused-ring (bicyclic) bond motifs is 1. The highest BCUT2D eigenvalue weighted by atomic mass is 32.1. The third-order valence-corrected chi connectivity index (χ3v) is 4.33. The van der Waals surface area contributed by atoms with E-state index in [1.807, 2.05) is 31.3 Å². The topological polar surface area (TPSA) is 21.3 Å². The minimum Gasteiger partial charge on any atom is -0.377 e. The molecule has 0 atom stereocenters. The number of halogens is 3. The lowest BCUT2D eigenvalue weighted by Gasteiger charge is -2.08. The molecule has 0 aliphatic heterocycles. The van der Waals surface area contributed by atoms with Crippen molar-refractivity contribution in [1.29, 1.82) is 0 Å². The van der Waals surface area contributed by atoms with Gasteiger partial charge in [0.15, 0.2) is 0 Å². The molecule has 2 aromatic rings. The summed E-state index contributed by atoms with van der Waals surface area (Å²) in [6.45, 7) is 1.22. The maximum atomic E-state index is 12.1. The summed E-state index contributed by atoms with van der Waals surface area (Å²) in [5.74, 6) is 0. The summed E-state index contributed by atoms with van der Waals surface area (Å²) in [7, 11) is 1.87. The molecule has 0 aliphatic carbocycles. The molecule has 0 amide bonds. The van der Waals surface area contributed by atoms with Crippen LogP contribution in [0.15, 0.2) is 24.3 Å². The summed E-state index contributed by atoms with van der Waals surface area (Å²) in [4.78, 5) is 1.18. The van der Waals surface area contributed by atoms with Crippen molar-refractivity contribution in [1.82, 2.24) is 5.32 Å². The van der Waals surface area contributed by atoms with Crippen LogP contribution in [0.5, 0.6) is 0 Å². The van der Waals surface area contributed by atoms with Gasteiger partial charge in [-0.15, -0.1) is 11.3 Å². The Bertz CT molecular complexity index is 580. The molecule has 0 bridgehead atoms. The molecule has 21 heavy (non-hydrogen) atoms. The first-order chi connectivity index (χ1) is 10.0. The molecule has 0 spiro atoms. The molecule has 0 unspecified atom stereocenters. The van der Waals surface area contributed by atoms with Gasteiger partial charge in [0.1, 0.15) is 0 Å². The fourth-order valence-electron chi connectivity index (χ4n) is 2.16. The average Bonchev–Trinajstić information content (AvgIpc) is 2.76. The highest BCUT2D eigenvalue weighted by molar-refractivity contribution is 7.19. The second kappa shape index (κ2) is 7.24. The summed E-state index contributed by atoms with van der Waals surface area (Å²) in [5.41, 5.74) is 1.08. The molecule has 1 aromatic heterocycles. The predicted octanol–water partition coefficient (Wildman–Crippen LogP) is 4.48. The lowest BCUT2D eigenvalue weighted by atomic mass is 10.1. The third kappa shape index (κ3) is 4.69. The molecular formula is C15H18F3NOS. The van der Waals surface area contributed by atoms with Gasteiger partial charge in [0, 0.05) is 34.7 Å². The second-order valence-electron chi connectivity index (χ2n) is 4.80. The van der Waals surface area contributed by atoms with Crippen molar-refractivity contribution >= 4 is 21.4 Å². The van der Waals surface area contributed by atoms with Gasteiger partial charge in [0.05, 0.1) is 6.61 Å². The van der Waals surface area contributed by atoms with Crippen molar-refractivity contribution in [2.75, 3.05) is 13.7 Å². The van der Waals surface area contributed by atoms with Gasteiger partial charge in [-0.1, -0.05) is 18.2 Å². The quantitative estimate of drug-likeness (QED) is 0.760. The molecule has 116 valence electrons. The van der Waals surface area contributed by atoms with Crippen molar-refractivity contribution in [3.05, 3.63) is 34.7 Å². The fourth-order valence-corrected chi connectivity index (χ4v) is 3.38. The van der Waals surface area contributed by atoms with Gasteiger partial charge in [-0.25, -0.2) is 0 Å². The minimum absolute atomic E-state index is 0.00688. The standard InChI is InChI=1S/C15H18F3NOS/c1-19-9-14-12(10-20-8-4-7-15(16,17)18)11-5-2-3-6-13(11)21-14/h2-3,5-6,19H,4,7-10H2,1H3. The van der Waals surface area contributed by atoms with E-state index in [9.17, 15) is 13.2 Å². The molecule has 0 saturated heterocycles. The van der Waals surface area contributed by atoms with Crippen molar-refractivity contribution in [2.45, 2.75) is 32.2 Å². The van der Waals surface area contributed by atoms with Crippen LogP contribution in [0.2, 0.25) is 0 Å². The monoisotopic (exact) mass is 317 g/mol. The van der Waals surface area contributed by atoms with Gasteiger partial charge in [0.25, 0.3) is 0 Å². The number of alkyl halides is 3. The highest BCUT2D eigenvalue weighted by Gasteiger charge is 2.26. The maximum absolute atomic E-state index is 12.1. The number of hydrogen-bond acceptors (Lipinski definition) is 3. The van der Waals surface area contributed by atoms with E-state index in [0.717, 1.165) is 17.5 Å². The van der Waals surface area contributed by atoms with Crippen LogP contribution in [0.4, 0.5) is 13.2 Å². The van der Waals surface area contributed by atoms with E-state index in [1.165, 1.54) is 9.58 Å². The first kappa shape index (κ1) is 16.3. The number of benzene rings is 1. The molecule has 1 aromatic carbocycles. The Morgan fingerprint density at radius 2 is 2.00 bits per heavy atom. The van der Waals surface area contributed by atoms with Crippen LogP contribution in [-0.2, 0) is 17.9 Å². The van der Waals surface area contributed by atoms with E-state index in [-0.39, 0.29) is 13.0 Å². The number of nitrogens with one attached hydrogen (secondary N) is 1. The molecule has 1 heterocycles. The molecule has 2 rings (SSSR count). The molecule has 0 saturated carbocycles. The molecular weight excluding hydrogens is 299 g/mol. The lowest BCUT2D eigenvalue weighted by Crippen LogP contribution is -2.09. The lowest BCUT2D eigenvalue weighted by molar-refractivity contribution is -0.138. The summed E-state index contributed by atoms with van der Waals surface area (Å²) in [6, 6.07) is 8.02. The van der Waals surface area contributed by atoms with Gasteiger partial charge in [-0.3, -0.25) is 0 Å². The Kier molecular flexibility index (Phi) is 5.61. The van der Waals surface area contributed by atoms with Crippen LogP contribution in [0.25, 0.3) is 10.1 Å². The summed E-state index contributed by atoms with van der Waals surface area (Å²) >= 11 is 1.69. The van der Waals surface area contributed by atoms with Crippen LogP contribution in [0.3, 0.4) is 0 Å². The van der Waals surface area contributed by atoms with Gasteiger partial charge in [0.2, 0.25) is 0 Å². The van der Waals surface area contributed by atoms with Gasteiger partial charge in [-0.2, -0.15) is 13.2 Å². The normalized spacial score (nSPS) is 12.2. The average molecular weight is 317 g/mol. The van der Waals surface area contributed by atoms with Crippen molar-refractivity contribution in [2.24, 2.45) is 0 Å². The van der Waals surface area contributed by atoms with E-state index in [0.29, 0.717) is 6.61 Å². The van der Waals surface area contributed by atoms with Crippen LogP contribution in [-0.4, -0.2) is 19.8 Å². The Hall–Kier alpha value is -1.11. The van der Waals surface area contributed by atoms with Crippen LogP contribution < -0.4 is 5.32 Å². The summed E-state index contributed by atoms with van der Waals surface area (Å²) < 4.78 is 42.8. The largest absolute Gasteiger partial charge is 0.389 e. The highest BCUT2D eigenvalue weighted by Crippen LogP contribution is 2.32. The van der Waals surface area contributed by atoms with Gasteiger partial charge < -0.3 is 10.1 Å². The van der Waals surface area contributed by atoms with E-state index in [4.69, 9.17) is 4.74 Å². The smallest absolute Gasteiger partial charge is 0.377 e. The summed E-state index contributed by atoms with van der Waals surface area (Å²) in [5, 5.41) is 4.24. The summed E-state index contributed by atoms with van der Waals surface area (Å²) in [6.07, 6.45) is -4.89. The Morgan fingerprint density at radius 3 is 2.71 bits per heavy atom. The second-order valence-corrected chi connectivity index (χ2v) is 5.94. The molecule has 0 radical (unpaired) electrons. The third-order valence-electron chi connectivity index (χ3n) is 3.11. The molecule has 6 heteroatoms. The number of thiophene rings is 1. The zero-order chi connectivity index (χ0) is 15.3. The number of rotatable bonds is 7. The van der Waals surface area contributed by atoms with Crippen molar-refractivity contribution in [3.63, 3.8) is 0 Å². The molecule has 0 aliphatic rings. The number of hydrogen-bond donors (Lipinski definition) is 1. The minimum atomic E-state index is -4.10. The van der Waals surface area contributed by atoms with Crippen molar-refractivity contribution < 1.29 is 17.9 Å². The maximum Gasteiger partial charge on any atom is 0.389 e. The van der Waals surface area contributed by atoms with E-state index in [1.54, 1.807) is 11.3 Å². The van der Waals surface area contributed by atoms with E-state index >= 15 is 0 Å². The fraction of sp³-hybridized carbons (Fsp3) is 0.467. The predicted molar refractivity (Wildman–Crippen MR) is 79.5 cm³/mol. The Morgan fingerprint density at radius 1 is 1.24 bits per heavy atom. The van der Waals surface area contributed by atoms with Gasteiger partial charge in [-0.05, 0) is 24.9 Å². The van der Waals surface area contributed by atoms with E-state index in [2.05, 4.69) is 5.32 Å². The zero-order valence-corrected chi connectivity index (χ0v) is 12.6. The van der Waals surface area contributed by atoms with Crippen LogP contribution >= 0.6 is 11.3 Å². The van der Waals surface area contributed by atoms with Crippen LogP contribution in [0.1, 0.15) is 23.3 Å². The van der Waals surface area contributed by atoms with Crippen LogP contribution in [0, 0.1) is 0 Å². The Balaban J connectivity index is 1.98. The SMILES string of the molecule is CNCc1sc2ccccc2c1COCCCC(F)(F)F. The Labute approximate surface area is 125 Å². The number of ether oxygens (including phenoxy) is 1. The first-order valence-corrected chi connectivity index (χ1v) is 7.61. The van der Waals surface area contributed by atoms with E-state index < -0.39 is 12.6 Å². The molecule has 0 fully saturated rings. The van der Waals surface area contributed by atoms with Gasteiger partial charge >= 0.3 is 6.18 Å². The molecule has 2 nitrogen and oxygen atoms in total. The first-order valence-electron chi connectivity index (χ1n) is 6.79.